The third kappa shape index (κ3) is 4.00. The van der Waals surface area contributed by atoms with Gasteiger partial charge in [-0.25, -0.2) is 4.98 Å². The van der Waals surface area contributed by atoms with Crippen molar-refractivity contribution < 1.29 is 9.59 Å². The van der Waals surface area contributed by atoms with Gasteiger partial charge >= 0.3 is 0 Å². The smallest absolute Gasteiger partial charge is 0.225 e. The van der Waals surface area contributed by atoms with E-state index in [1.54, 1.807) is 0 Å². The molecule has 1 fully saturated rings. The first-order valence-corrected chi connectivity index (χ1v) is 9.11. The van der Waals surface area contributed by atoms with E-state index >= 15 is 0 Å². The van der Waals surface area contributed by atoms with Crippen molar-refractivity contribution in [2.24, 2.45) is 5.92 Å². The number of carbonyl (C=O) groups excluding carboxylic acids is 2. The maximum Gasteiger partial charge on any atom is 0.225 e. The van der Waals surface area contributed by atoms with E-state index < -0.39 is 0 Å². The molecule has 6 nitrogen and oxygen atoms in total. The lowest BCUT2D eigenvalue weighted by atomic mass is 9.96. The average molecular weight is 342 g/mol. The van der Waals surface area contributed by atoms with Crippen LogP contribution in [0.15, 0.2) is 24.3 Å². The second-order valence-electron chi connectivity index (χ2n) is 6.80. The summed E-state index contributed by atoms with van der Waals surface area (Å²) in [6.45, 7) is 5.22. The van der Waals surface area contributed by atoms with Crippen molar-refractivity contribution in [1.29, 1.82) is 0 Å². The number of piperidine rings is 1. The minimum Gasteiger partial charge on any atom is -0.346 e. The van der Waals surface area contributed by atoms with E-state index in [0.717, 1.165) is 42.7 Å². The van der Waals surface area contributed by atoms with Crippen LogP contribution in [0.4, 0.5) is 0 Å². The van der Waals surface area contributed by atoms with E-state index in [4.69, 9.17) is 0 Å². The molecule has 0 aliphatic carbocycles. The van der Waals surface area contributed by atoms with Crippen LogP contribution >= 0.6 is 0 Å². The molecular weight excluding hydrogens is 316 g/mol. The normalized spacial score (nSPS) is 19.0. The molecule has 0 radical (unpaired) electrons. The lowest BCUT2D eigenvalue weighted by molar-refractivity contribution is -0.135. The van der Waals surface area contributed by atoms with E-state index in [0.29, 0.717) is 13.0 Å². The fourth-order valence-electron chi connectivity index (χ4n) is 3.37. The van der Waals surface area contributed by atoms with Crippen LogP contribution in [0, 0.1) is 5.92 Å². The number of para-hydroxylation sites is 2. The summed E-state index contributed by atoms with van der Waals surface area (Å²) >= 11 is 0. The lowest BCUT2D eigenvalue weighted by Crippen LogP contribution is -2.45. The van der Waals surface area contributed by atoms with Gasteiger partial charge in [0.1, 0.15) is 5.82 Å². The third-order valence-corrected chi connectivity index (χ3v) is 4.79. The fourth-order valence-corrected chi connectivity index (χ4v) is 3.37. The molecule has 25 heavy (non-hydrogen) atoms. The molecule has 2 atom stereocenters. The molecule has 2 N–H and O–H groups in total. The first-order valence-electron chi connectivity index (χ1n) is 9.11. The predicted molar refractivity (Wildman–Crippen MR) is 96.9 cm³/mol. The molecule has 1 aromatic heterocycles. The second-order valence-corrected chi connectivity index (χ2v) is 6.80. The first-order chi connectivity index (χ1) is 12.1. The van der Waals surface area contributed by atoms with E-state index in [9.17, 15) is 9.59 Å². The Labute approximate surface area is 148 Å². The number of carbonyl (C=O) groups is 2. The molecule has 0 saturated carbocycles. The molecule has 134 valence electrons. The lowest BCUT2D eigenvalue weighted by Gasteiger charge is -2.32. The summed E-state index contributed by atoms with van der Waals surface area (Å²) in [6, 6.07) is 7.63. The number of rotatable bonds is 5. The molecule has 0 bridgehead atoms. The zero-order valence-corrected chi connectivity index (χ0v) is 14.9. The number of H-pyrrole nitrogens is 1. The summed E-state index contributed by atoms with van der Waals surface area (Å²) in [4.78, 5) is 34.4. The molecule has 1 aliphatic rings. The maximum atomic E-state index is 12.6. The van der Waals surface area contributed by atoms with Gasteiger partial charge in [-0.1, -0.05) is 19.1 Å². The number of hydrogen-bond donors (Lipinski definition) is 2. The maximum absolute atomic E-state index is 12.6. The summed E-state index contributed by atoms with van der Waals surface area (Å²) in [7, 11) is 0. The van der Waals surface area contributed by atoms with E-state index in [-0.39, 0.29) is 23.8 Å². The van der Waals surface area contributed by atoms with Crippen molar-refractivity contribution in [3.8, 4) is 0 Å². The highest BCUT2D eigenvalue weighted by atomic mass is 16.2. The van der Waals surface area contributed by atoms with Gasteiger partial charge in [0.25, 0.3) is 0 Å². The van der Waals surface area contributed by atoms with Crippen molar-refractivity contribution in [2.75, 3.05) is 13.1 Å². The summed E-state index contributed by atoms with van der Waals surface area (Å²) in [5.41, 5.74) is 1.86. The number of benzene rings is 1. The summed E-state index contributed by atoms with van der Waals surface area (Å²) in [6.07, 6.45) is 3.11. The molecule has 1 saturated heterocycles. The van der Waals surface area contributed by atoms with E-state index in [2.05, 4.69) is 15.3 Å². The van der Waals surface area contributed by atoms with Crippen LogP contribution in [0.25, 0.3) is 11.0 Å². The number of nitrogens with zero attached hydrogens (tertiary/aromatic N) is 2. The largest absolute Gasteiger partial charge is 0.346 e. The van der Waals surface area contributed by atoms with Crippen molar-refractivity contribution in [2.45, 2.75) is 45.6 Å². The number of aromatic nitrogens is 2. The van der Waals surface area contributed by atoms with Gasteiger partial charge in [-0.2, -0.15) is 0 Å². The number of amides is 2. The molecule has 1 aromatic carbocycles. The Hall–Kier alpha value is -2.37. The van der Waals surface area contributed by atoms with Gasteiger partial charge in [0.15, 0.2) is 0 Å². The van der Waals surface area contributed by atoms with Crippen LogP contribution in [0.1, 0.15) is 51.4 Å². The number of fused-ring (bicyclic) bond motifs is 1. The average Bonchev–Trinajstić information content (AvgIpc) is 3.06. The van der Waals surface area contributed by atoms with Crippen LogP contribution in [0.3, 0.4) is 0 Å². The summed E-state index contributed by atoms with van der Waals surface area (Å²) in [5, 5.41) is 3.05. The molecular formula is C19H26N4O2. The van der Waals surface area contributed by atoms with Gasteiger partial charge in [0.2, 0.25) is 11.8 Å². The van der Waals surface area contributed by atoms with Crippen molar-refractivity contribution in [3.63, 3.8) is 0 Å². The standard InChI is InChI=1S/C19H26N4O2/c1-3-7-17(24)23-11-6-8-14(12-23)19(25)20-13(2)18-21-15-9-4-5-10-16(15)22-18/h4-5,9-10,13-14H,3,6-8,11-12H2,1-2H3,(H,20,25)(H,21,22). The SMILES string of the molecule is CCCC(=O)N1CCCC(C(=O)NC(C)c2nc3ccccc3[nH]2)C1. The number of likely N-dealkylation sites (tertiary alicyclic amines) is 1. The van der Waals surface area contributed by atoms with Crippen LogP contribution in [0.2, 0.25) is 0 Å². The van der Waals surface area contributed by atoms with Crippen molar-refractivity contribution in [1.82, 2.24) is 20.2 Å². The zero-order chi connectivity index (χ0) is 17.8. The van der Waals surface area contributed by atoms with E-state index in [1.165, 1.54) is 0 Å². The zero-order valence-electron chi connectivity index (χ0n) is 14.9. The Kier molecular flexibility index (Phi) is 5.36. The van der Waals surface area contributed by atoms with Gasteiger partial charge in [0, 0.05) is 19.5 Å². The van der Waals surface area contributed by atoms with Crippen LogP contribution < -0.4 is 5.32 Å². The highest BCUT2D eigenvalue weighted by molar-refractivity contribution is 5.82. The quantitative estimate of drug-likeness (QED) is 0.877. The monoisotopic (exact) mass is 342 g/mol. The number of hydrogen-bond acceptors (Lipinski definition) is 3. The number of imidazole rings is 1. The molecule has 0 spiro atoms. The molecule has 2 amide bonds. The Bertz CT molecular complexity index is 722. The fraction of sp³-hybridized carbons (Fsp3) is 0.526. The van der Waals surface area contributed by atoms with Gasteiger partial charge in [-0.05, 0) is 38.3 Å². The minimum atomic E-state index is -0.193. The molecule has 2 aromatic rings. The van der Waals surface area contributed by atoms with Crippen molar-refractivity contribution >= 4 is 22.8 Å². The van der Waals surface area contributed by atoms with E-state index in [1.807, 2.05) is 43.0 Å². The molecule has 1 aliphatic heterocycles. The number of nitrogens with one attached hydrogen (secondary N) is 2. The Morgan fingerprint density at radius 3 is 2.96 bits per heavy atom. The minimum absolute atomic E-state index is 0.00181. The molecule has 6 heteroatoms. The molecule has 3 rings (SSSR count). The third-order valence-electron chi connectivity index (χ3n) is 4.79. The van der Waals surface area contributed by atoms with Gasteiger partial charge in [-0.15, -0.1) is 0 Å². The Morgan fingerprint density at radius 1 is 1.40 bits per heavy atom. The van der Waals surface area contributed by atoms with Crippen LogP contribution in [-0.2, 0) is 9.59 Å². The predicted octanol–water partition coefficient (Wildman–Crippen LogP) is 2.78. The Balaban J connectivity index is 1.61. The summed E-state index contributed by atoms with van der Waals surface area (Å²) < 4.78 is 0. The van der Waals surface area contributed by atoms with Gasteiger partial charge in [-0.3, -0.25) is 9.59 Å². The Morgan fingerprint density at radius 2 is 2.20 bits per heavy atom. The number of aromatic amines is 1. The van der Waals surface area contributed by atoms with Crippen LogP contribution in [0.5, 0.6) is 0 Å². The topological polar surface area (TPSA) is 78.1 Å². The first kappa shape index (κ1) is 17.5. The second kappa shape index (κ2) is 7.68. The van der Waals surface area contributed by atoms with Crippen LogP contribution in [-0.4, -0.2) is 39.8 Å². The van der Waals surface area contributed by atoms with Crippen molar-refractivity contribution in [3.05, 3.63) is 30.1 Å². The molecule has 2 heterocycles. The van der Waals surface area contributed by atoms with Gasteiger partial charge < -0.3 is 15.2 Å². The summed E-state index contributed by atoms with van der Waals surface area (Å²) in [5.74, 6) is 0.776. The highest BCUT2D eigenvalue weighted by Crippen LogP contribution is 2.20. The highest BCUT2D eigenvalue weighted by Gasteiger charge is 2.29. The molecule has 2 unspecified atom stereocenters. The van der Waals surface area contributed by atoms with Gasteiger partial charge in [0.05, 0.1) is 23.0 Å².